The van der Waals surface area contributed by atoms with Gasteiger partial charge in [0.1, 0.15) is 6.17 Å². The Bertz CT molecular complexity index is 871. The average Bonchev–Trinajstić information content (AvgIpc) is 2.84. The van der Waals surface area contributed by atoms with Crippen LogP contribution in [0.3, 0.4) is 0 Å². The summed E-state index contributed by atoms with van der Waals surface area (Å²) in [6.07, 6.45) is 12.7. The van der Waals surface area contributed by atoms with Gasteiger partial charge in [0.15, 0.2) is 0 Å². The first-order valence-electron chi connectivity index (χ1n) is 12.3. The molecule has 0 radical (unpaired) electrons. The summed E-state index contributed by atoms with van der Waals surface area (Å²) in [4.78, 5) is 4.65. The molecule has 2 nitrogen and oxygen atoms in total. The lowest BCUT2D eigenvalue weighted by Crippen LogP contribution is -2.28. The Morgan fingerprint density at radius 3 is 2.53 bits per heavy atom. The van der Waals surface area contributed by atoms with E-state index < -0.39 is 11.6 Å². The third-order valence-corrected chi connectivity index (χ3v) is 7.04. The normalized spacial score (nSPS) is 21.6. The van der Waals surface area contributed by atoms with Crippen LogP contribution in [0.15, 0.2) is 55.3 Å². The van der Waals surface area contributed by atoms with E-state index in [9.17, 15) is 9.65 Å². The maximum absolute atomic E-state index is 14.4. The number of nitrogens with zero attached hydrogens (tertiary/aromatic N) is 2. The van der Waals surface area contributed by atoms with E-state index in [1.807, 2.05) is 12.3 Å². The molecule has 170 valence electrons. The molecule has 0 N–H and O–H groups in total. The summed E-state index contributed by atoms with van der Waals surface area (Å²) in [6.45, 7) is 5.86. The Balaban J connectivity index is 1.56. The van der Waals surface area contributed by atoms with Gasteiger partial charge < -0.3 is 0 Å². The molecule has 1 aliphatic carbocycles. The van der Waals surface area contributed by atoms with Gasteiger partial charge in [-0.25, -0.2) is 4.39 Å². The highest BCUT2D eigenvalue weighted by Gasteiger charge is 2.37. The lowest BCUT2D eigenvalue weighted by molar-refractivity contribution is 0.158. The number of hydrogen-bond donors (Lipinski definition) is 0. The van der Waals surface area contributed by atoms with E-state index in [1.54, 1.807) is 0 Å². The van der Waals surface area contributed by atoms with Crippen molar-refractivity contribution in [3.8, 4) is 17.3 Å². The van der Waals surface area contributed by atoms with Crippen molar-refractivity contribution in [2.75, 3.05) is 0 Å². The van der Waals surface area contributed by atoms with E-state index in [1.165, 1.54) is 11.1 Å². The zero-order valence-electron chi connectivity index (χ0n) is 19.5. The predicted molar refractivity (Wildman–Crippen MR) is 131 cm³/mol. The second kappa shape index (κ2) is 12.0. The maximum atomic E-state index is 14.4. The van der Waals surface area contributed by atoms with Gasteiger partial charge in [-0.05, 0) is 80.9 Å². The summed E-state index contributed by atoms with van der Waals surface area (Å²) >= 11 is 0. The highest BCUT2D eigenvalue weighted by atomic mass is 19.1. The topological polar surface area (TPSA) is 36.7 Å². The molecule has 1 aromatic carbocycles. The van der Waals surface area contributed by atoms with Crippen LogP contribution in [0.2, 0.25) is 0 Å². The van der Waals surface area contributed by atoms with Crippen LogP contribution in [-0.4, -0.2) is 11.2 Å². The lowest BCUT2D eigenvalue weighted by Gasteiger charge is -2.36. The molecule has 1 saturated carbocycles. The fourth-order valence-electron chi connectivity index (χ4n) is 4.94. The van der Waals surface area contributed by atoms with Crippen molar-refractivity contribution < 1.29 is 4.39 Å². The number of halogens is 1. The van der Waals surface area contributed by atoms with E-state index in [-0.39, 0.29) is 0 Å². The van der Waals surface area contributed by atoms with Crippen LogP contribution < -0.4 is 0 Å². The van der Waals surface area contributed by atoms with Gasteiger partial charge in [-0.15, -0.1) is 6.58 Å². The fraction of sp³-hybridized carbons (Fsp3) is 0.517. The van der Waals surface area contributed by atoms with Gasteiger partial charge in [0.2, 0.25) is 0 Å². The molecule has 1 aromatic heterocycles. The van der Waals surface area contributed by atoms with Crippen molar-refractivity contribution in [2.24, 2.45) is 5.41 Å². The van der Waals surface area contributed by atoms with Crippen LogP contribution in [0.4, 0.5) is 4.39 Å². The van der Waals surface area contributed by atoms with Crippen LogP contribution in [0, 0.1) is 16.7 Å². The summed E-state index contributed by atoms with van der Waals surface area (Å²) < 4.78 is 14.4. The van der Waals surface area contributed by atoms with Gasteiger partial charge in [-0.2, -0.15) is 5.26 Å². The van der Waals surface area contributed by atoms with E-state index in [0.717, 1.165) is 69.0 Å². The van der Waals surface area contributed by atoms with Crippen molar-refractivity contribution in [3.63, 3.8) is 0 Å². The fourth-order valence-corrected chi connectivity index (χ4v) is 4.94. The Kier molecular flexibility index (Phi) is 9.03. The number of nitriles is 1. The van der Waals surface area contributed by atoms with Gasteiger partial charge in [-0.3, -0.25) is 4.98 Å². The zero-order valence-corrected chi connectivity index (χ0v) is 19.5. The van der Waals surface area contributed by atoms with E-state index >= 15 is 0 Å². The third kappa shape index (κ3) is 6.52. The van der Waals surface area contributed by atoms with E-state index in [4.69, 9.17) is 0 Å². The standard InChI is InChI=1S/C29H37FN2/c1-3-5-7-8-23-10-15-28(32-21-23)26-13-11-24(12-14-26)25-16-18-29(22-31,19-17-25)20-27(30)9-6-4-2/h3,10-15,21,25,27H,1,4-9,16-20H2,2H3/t25-,27?,29+. The number of benzene rings is 1. The second-order valence-electron chi connectivity index (χ2n) is 9.46. The summed E-state index contributed by atoms with van der Waals surface area (Å²) in [5.41, 5.74) is 4.24. The van der Waals surface area contributed by atoms with Crippen LogP contribution in [0.1, 0.15) is 88.2 Å². The molecule has 1 fully saturated rings. The predicted octanol–water partition coefficient (Wildman–Crippen LogP) is 8.34. The summed E-state index contributed by atoms with van der Waals surface area (Å²) in [6, 6.07) is 15.5. The quantitative estimate of drug-likeness (QED) is 0.264. The Labute approximate surface area is 193 Å². The van der Waals surface area contributed by atoms with Crippen LogP contribution in [0.5, 0.6) is 0 Å². The smallest absolute Gasteiger partial charge is 0.102 e. The molecule has 3 rings (SSSR count). The number of allylic oxidation sites excluding steroid dienone is 1. The summed E-state index contributed by atoms with van der Waals surface area (Å²) in [7, 11) is 0. The lowest BCUT2D eigenvalue weighted by atomic mass is 9.67. The maximum Gasteiger partial charge on any atom is 0.102 e. The van der Waals surface area contributed by atoms with Crippen molar-refractivity contribution in [2.45, 2.75) is 89.6 Å². The van der Waals surface area contributed by atoms with E-state index in [2.05, 4.69) is 61.0 Å². The number of rotatable bonds is 11. The summed E-state index contributed by atoms with van der Waals surface area (Å²) in [5, 5.41) is 9.79. The molecular formula is C29H37FN2. The van der Waals surface area contributed by atoms with Crippen molar-refractivity contribution in [1.82, 2.24) is 4.98 Å². The first-order valence-corrected chi connectivity index (χ1v) is 12.3. The van der Waals surface area contributed by atoms with Gasteiger partial charge in [0, 0.05) is 11.8 Å². The highest BCUT2D eigenvalue weighted by molar-refractivity contribution is 5.59. The Hall–Kier alpha value is -2.47. The third-order valence-electron chi connectivity index (χ3n) is 7.04. The van der Waals surface area contributed by atoms with Crippen molar-refractivity contribution in [3.05, 3.63) is 66.4 Å². The SMILES string of the molecule is C=CCCCc1ccc(-c2ccc([C@H]3CC[C@](C#N)(CC(F)CCCC)CC3)cc2)nc1. The summed E-state index contributed by atoms with van der Waals surface area (Å²) in [5.74, 6) is 0.458. The van der Waals surface area contributed by atoms with Gasteiger partial charge in [0.05, 0.1) is 17.2 Å². The second-order valence-corrected chi connectivity index (χ2v) is 9.46. The number of aryl methyl sites for hydroxylation is 1. The highest BCUT2D eigenvalue weighted by Crippen LogP contribution is 2.46. The number of unbranched alkanes of at least 4 members (excludes halogenated alkanes) is 2. The molecular weight excluding hydrogens is 395 g/mol. The minimum Gasteiger partial charge on any atom is -0.256 e. The largest absolute Gasteiger partial charge is 0.256 e. The first-order chi connectivity index (χ1) is 15.6. The van der Waals surface area contributed by atoms with Crippen LogP contribution in [-0.2, 0) is 6.42 Å². The molecule has 3 heteroatoms. The monoisotopic (exact) mass is 432 g/mol. The van der Waals surface area contributed by atoms with Gasteiger partial charge in [-0.1, -0.05) is 56.2 Å². The molecule has 0 aliphatic heterocycles. The molecule has 0 saturated heterocycles. The molecule has 0 bridgehead atoms. The Morgan fingerprint density at radius 1 is 1.19 bits per heavy atom. The van der Waals surface area contributed by atoms with Crippen molar-refractivity contribution in [1.29, 1.82) is 5.26 Å². The molecule has 1 atom stereocenters. The molecule has 32 heavy (non-hydrogen) atoms. The molecule has 1 unspecified atom stereocenters. The Morgan fingerprint density at radius 2 is 1.94 bits per heavy atom. The zero-order chi connectivity index (χ0) is 22.8. The molecule has 1 aliphatic rings. The molecule has 2 aromatic rings. The molecule has 0 amide bonds. The van der Waals surface area contributed by atoms with E-state index in [0.29, 0.717) is 18.8 Å². The number of alkyl halides is 1. The molecule has 1 heterocycles. The minimum absolute atomic E-state index is 0.407. The van der Waals surface area contributed by atoms with Gasteiger partial charge in [0.25, 0.3) is 0 Å². The van der Waals surface area contributed by atoms with Crippen LogP contribution >= 0.6 is 0 Å². The average molecular weight is 433 g/mol. The first kappa shape index (κ1) is 24.2. The van der Waals surface area contributed by atoms with Crippen molar-refractivity contribution >= 4 is 0 Å². The number of pyridine rings is 1. The number of hydrogen-bond acceptors (Lipinski definition) is 2. The van der Waals surface area contributed by atoms with Crippen LogP contribution in [0.25, 0.3) is 11.3 Å². The minimum atomic E-state index is -0.841. The van der Waals surface area contributed by atoms with Gasteiger partial charge >= 0.3 is 0 Å². The number of aromatic nitrogens is 1. The molecule has 0 spiro atoms.